The molecule has 2 aliphatic rings. The minimum atomic E-state index is -2.62. The fourth-order valence-electron chi connectivity index (χ4n) is 4.22. The predicted molar refractivity (Wildman–Crippen MR) is 112 cm³/mol. The first-order chi connectivity index (χ1) is 16.2. The number of carboxylic acid groups (broad SMARTS) is 1. The Kier molecular flexibility index (Phi) is 9.92. The highest BCUT2D eigenvalue weighted by atomic mass is 16.7. The fourth-order valence-corrected chi connectivity index (χ4v) is 4.22. The van der Waals surface area contributed by atoms with Crippen LogP contribution in [0.15, 0.2) is 0 Å². The van der Waals surface area contributed by atoms with E-state index in [2.05, 4.69) is 10.6 Å². The standard InChI is InChI=1S/C20H34N2O13/c1-7-13(21-8(2)24)17(30)16(29)12(34-7)6-33-20(19(31)32)4-10(26)14(22-9(3)25)18(35-20)15(28)11(27)5-23/h7,10-18,23,26-30H,4-6H2,1-3H3,(H,21,24)(H,22,25)(H,31,32)/t7-,10?,11-,12?,13?,14-,15-,16?,17-,18?,20?/m1/s1. The summed E-state index contributed by atoms with van der Waals surface area (Å²) in [6.07, 6.45) is -13.0. The van der Waals surface area contributed by atoms with Gasteiger partial charge in [-0.05, 0) is 6.92 Å². The third kappa shape index (κ3) is 6.63. The van der Waals surface area contributed by atoms with Gasteiger partial charge in [0.2, 0.25) is 11.8 Å². The molecule has 0 aromatic rings. The molecule has 0 radical (unpaired) electrons. The van der Waals surface area contributed by atoms with Gasteiger partial charge in [0.1, 0.15) is 36.6 Å². The third-order valence-corrected chi connectivity index (χ3v) is 6.03. The van der Waals surface area contributed by atoms with Crippen molar-refractivity contribution in [2.24, 2.45) is 0 Å². The third-order valence-electron chi connectivity index (χ3n) is 6.03. The summed E-state index contributed by atoms with van der Waals surface area (Å²) in [4.78, 5) is 35.1. The molecule has 0 aromatic heterocycles. The van der Waals surface area contributed by atoms with Gasteiger partial charge in [-0.15, -0.1) is 0 Å². The number of hydrogen-bond acceptors (Lipinski definition) is 12. The number of carbonyl (C=O) groups is 3. The van der Waals surface area contributed by atoms with Crippen LogP contribution in [-0.2, 0) is 28.6 Å². The van der Waals surface area contributed by atoms with Crippen LogP contribution in [0.4, 0.5) is 0 Å². The van der Waals surface area contributed by atoms with E-state index in [1.54, 1.807) is 0 Å². The fraction of sp³-hybridized carbons (Fsp3) is 0.850. The number of nitrogens with one attached hydrogen (secondary N) is 2. The van der Waals surface area contributed by atoms with Crippen molar-refractivity contribution >= 4 is 17.8 Å². The summed E-state index contributed by atoms with van der Waals surface area (Å²) in [5.41, 5.74) is 0. The van der Waals surface area contributed by atoms with Crippen molar-refractivity contribution in [2.45, 2.75) is 93.9 Å². The first-order valence-electron chi connectivity index (χ1n) is 11.0. The van der Waals surface area contributed by atoms with Crippen molar-refractivity contribution in [1.82, 2.24) is 10.6 Å². The highest BCUT2D eigenvalue weighted by Gasteiger charge is 2.56. The number of amides is 2. The van der Waals surface area contributed by atoms with Crippen molar-refractivity contribution in [2.75, 3.05) is 13.2 Å². The zero-order valence-corrected chi connectivity index (χ0v) is 19.5. The molecule has 202 valence electrons. The quantitative estimate of drug-likeness (QED) is 0.141. The molecule has 0 aliphatic carbocycles. The molecule has 2 heterocycles. The second-order valence-corrected chi connectivity index (χ2v) is 8.78. The minimum Gasteiger partial charge on any atom is -0.477 e. The van der Waals surface area contributed by atoms with Crippen molar-refractivity contribution < 1.29 is 64.3 Å². The number of hydrogen-bond donors (Lipinski definition) is 9. The van der Waals surface area contributed by atoms with E-state index < -0.39 is 104 Å². The maximum absolute atomic E-state index is 12.2. The summed E-state index contributed by atoms with van der Waals surface area (Å²) in [5.74, 6) is -5.47. The molecule has 2 aliphatic heterocycles. The van der Waals surface area contributed by atoms with E-state index in [1.165, 1.54) is 13.8 Å². The molecule has 0 spiro atoms. The molecule has 6 unspecified atom stereocenters. The van der Waals surface area contributed by atoms with Crippen LogP contribution in [0.25, 0.3) is 0 Å². The Labute approximate surface area is 200 Å². The number of ether oxygens (including phenoxy) is 3. The van der Waals surface area contributed by atoms with Crippen LogP contribution in [0.2, 0.25) is 0 Å². The van der Waals surface area contributed by atoms with Gasteiger partial charge in [0.15, 0.2) is 0 Å². The smallest absolute Gasteiger partial charge is 0.364 e. The zero-order chi connectivity index (χ0) is 26.7. The molecule has 0 aromatic carbocycles. The summed E-state index contributed by atoms with van der Waals surface area (Å²) in [6.45, 7) is 2.24. The lowest BCUT2D eigenvalue weighted by Crippen LogP contribution is -2.68. The zero-order valence-electron chi connectivity index (χ0n) is 19.5. The van der Waals surface area contributed by atoms with Gasteiger partial charge in [-0.3, -0.25) is 9.59 Å². The Hall–Kier alpha value is -1.95. The second kappa shape index (κ2) is 11.9. The summed E-state index contributed by atoms with van der Waals surface area (Å²) >= 11 is 0. The largest absolute Gasteiger partial charge is 0.477 e. The molecule has 2 amide bonds. The SMILES string of the molecule is CC(=O)NC1[C@@H](O)C(O)C(COC2(C(=O)O)CC(O)[C@@H](NC(C)=O)C([C@H](O)[C@H](O)CO)O2)O[C@@H]1C. The number of aliphatic hydroxyl groups is 6. The van der Waals surface area contributed by atoms with Crippen molar-refractivity contribution in [3.05, 3.63) is 0 Å². The van der Waals surface area contributed by atoms with E-state index in [4.69, 9.17) is 14.2 Å². The molecule has 9 N–H and O–H groups in total. The molecule has 2 saturated heterocycles. The van der Waals surface area contributed by atoms with Crippen LogP contribution in [-0.4, -0.2) is 133 Å². The predicted octanol–water partition coefficient (Wildman–Crippen LogP) is -4.83. The Morgan fingerprint density at radius 3 is 2.14 bits per heavy atom. The molecular formula is C20H34N2O13. The van der Waals surface area contributed by atoms with Crippen molar-refractivity contribution in [3.63, 3.8) is 0 Å². The maximum Gasteiger partial charge on any atom is 0.364 e. The summed E-state index contributed by atoms with van der Waals surface area (Å²) < 4.78 is 16.5. The Balaban J connectivity index is 2.25. The first kappa shape index (κ1) is 29.3. The van der Waals surface area contributed by atoms with Gasteiger partial charge < -0.3 is 60.6 Å². The molecule has 0 saturated carbocycles. The van der Waals surface area contributed by atoms with Crippen LogP contribution in [0.1, 0.15) is 27.2 Å². The summed E-state index contributed by atoms with van der Waals surface area (Å²) in [6, 6.07) is -2.31. The van der Waals surface area contributed by atoms with Gasteiger partial charge in [-0.2, -0.15) is 0 Å². The van der Waals surface area contributed by atoms with Crippen molar-refractivity contribution in [3.8, 4) is 0 Å². The minimum absolute atomic E-state index is 0.468. The Bertz CT molecular complexity index is 769. The van der Waals surface area contributed by atoms with Gasteiger partial charge in [-0.25, -0.2) is 4.79 Å². The van der Waals surface area contributed by atoms with Crippen LogP contribution >= 0.6 is 0 Å². The highest BCUT2D eigenvalue weighted by Crippen LogP contribution is 2.34. The van der Waals surface area contributed by atoms with Gasteiger partial charge >= 0.3 is 5.97 Å². The Morgan fingerprint density at radius 2 is 1.63 bits per heavy atom. The number of rotatable bonds is 9. The number of aliphatic carboxylic acids is 1. The van der Waals surface area contributed by atoms with Gasteiger partial charge in [-0.1, -0.05) is 0 Å². The van der Waals surface area contributed by atoms with Gasteiger partial charge in [0.05, 0.1) is 37.5 Å². The molecule has 15 nitrogen and oxygen atoms in total. The number of aliphatic hydroxyl groups excluding tert-OH is 6. The molecule has 2 fully saturated rings. The summed E-state index contributed by atoms with van der Waals surface area (Å²) in [5, 5.41) is 75.5. The topological polar surface area (TPSA) is 245 Å². The maximum atomic E-state index is 12.2. The molecule has 2 rings (SSSR count). The number of carbonyl (C=O) groups excluding carboxylic acids is 2. The van der Waals surface area contributed by atoms with Crippen molar-refractivity contribution in [1.29, 1.82) is 0 Å². The van der Waals surface area contributed by atoms with Crippen LogP contribution in [0, 0.1) is 0 Å². The van der Waals surface area contributed by atoms with Crippen LogP contribution in [0.5, 0.6) is 0 Å². The molecule has 15 heteroatoms. The lowest BCUT2D eigenvalue weighted by Gasteiger charge is -2.47. The molecule has 11 atom stereocenters. The molecular weight excluding hydrogens is 476 g/mol. The summed E-state index contributed by atoms with van der Waals surface area (Å²) in [7, 11) is 0. The normalized spacial score (nSPS) is 39.3. The highest BCUT2D eigenvalue weighted by molar-refractivity contribution is 5.76. The van der Waals surface area contributed by atoms with E-state index >= 15 is 0 Å². The van der Waals surface area contributed by atoms with E-state index in [-0.39, 0.29) is 0 Å². The van der Waals surface area contributed by atoms with E-state index in [1.807, 2.05) is 0 Å². The number of carboxylic acids is 1. The van der Waals surface area contributed by atoms with E-state index in [0.29, 0.717) is 0 Å². The lowest BCUT2D eigenvalue weighted by atomic mass is 9.88. The lowest BCUT2D eigenvalue weighted by molar-refractivity contribution is -0.321. The van der Waals surface area contributed by atoms with Crippen LogP contribution < -0.4 is 10.6 Å². The average molecular weight is 510 g/mol. The van der Waals surface area contributed by atoms with Gasteiger partial charge in [0, 0.05) is 20.3 Å². The molecule has 0 bridgehead atoms. The van der Waals surface area contributed by atoms with E-state index in [9.17, 15) is 50.1 Å². The van der Waals surface area contributed by atoms with Crippen LogP contribution in [0.3, 0.4) is 0 Å². The monoisotopic (exact) mass is 510 g/mol. The average Bonchev–Trinajstić information content (AvgIpc) is 2.78. The van der Waals surface area contributed by atoms with E-state index in [0.717, 1.165) is 6.92 Å². The van der Waals surface area contributed by atoms with Gasteiger partial charge in [0.25, 0.3) is 5.79 Å². The Morgan fingerprint density at radius 1 is 1.06 bits per heavy atom. The molecule has 35 heavy (non-hydrogen) atoms. The second-order valence-electron chi connectivity index (χ2n) is 8.78. The first-order valence-corrected chi connectivity index (χ1v) is 11.0.